The van der Waals surface area contributed by atoms with E-state index in [-0.39, 0.29) is 30.4 Å². The maximum atomic E-state index is 13.5. The van der Waals surface area contributed by atoms with Gasteiger partial charge in [0.05, 0.1) is 37.6 Å². The Balaban J connectivity index is 1.53. The molecule has 1 heterocycles. The average Bonchev–Trinajstić information content (AvgIpc) is 3.28. The van der Waals surface area contributed by atoms with Crippen LogP contribution in [0.4, 0.5) is 24.5 Å². The molecule has 3 aromatic carbocycles. The van der Waals surface area contributed by atoms with Crippen LogP contribution in [0.5, 0.6) is 11.5 Å². The summed E-state index contributed by atoms with van der Waals surface area (Å²) >= 11 is 1.01. The van der Waals surface area contributed by atoms with Crippen LogP contribution in [0.25, 0.3) is 0 Å². The molecule has 13 heteroatoms. The number of hydrogen-bond acceptors (Lipinski definition) is 8. The molecule has 2 amide bonds. The monoisotopic (exact) mass is 629 g/mol. The van der Waals surface area contributed by atoms with Gasteiger partial charge in [0.25, 0.3) is 0 Å². The molecule has 1 saturated heterocycles. The van der Waals surface area contributed by atoms with Crippen molar-refractivity contribution in [2.75, 3.05) is 32.7 Å². The zero-order chi connectivity index (χ0) is 31.9. The molecule has 0 unspecified atom stereocenters. The highest BCUT2D eigenvalue weighted by Crippen LogP contribution is 2.35. The summed E-state index contributed by atoms with van der Waals surface area (Å²) in [6.07, 6.45) is -4.39. The lowest BCUT2D eigenvalue weighted by Crippen LogP contribution is -2.35. The number of benzene rings is 3. The molecule has 3 aromatic rings. The number of carbonyl (C=O) groups is 3. The molecule has 0 aromatic heterocycles. The predicted octanol–water partition coefficient (Wildman–Crippen LogP) is 6.10. The van der Waals surface area contributed by atoms with Gasteiger partial charge in [0.15, 0.2) is 16.7 Å². The van der Waals surface area contributed by atoms with Crippen molar-refractivity contribution in [3.8, 4) is 11.5 Å². The van der Waals surface area contributed by atoms with Gasteiger partial charge in [-0.05, 0) is 73.5 Å². The zero-order valence-corrected chi connectivity index (χ0v) is 25.0. The van der Waals surface area contributed by atoms with Gasteiger partial charge in [0.1, 0.15) is 5.25 Å². The molecule has 1 N–H and O–H groups in total. The highest BCUT2D eigenvalue weighted by atomic mass is 32.2. The molecule has 1 atom stereocenters. The lowest BCUT2D eigenvalue weighted by atomic mass is 10.1. The third-order valence-corrected chi connectivity index (χ3v) is 7.72. The molecule has 0 bridgehead atoms. The topological polar surface area (TPSA) is 107 Å². The molecule has 4 rings (SSSR count). The number of thioether (sulfide) groups is 1. The third-order valence-electron chi connectivity index (χ3n) is 6.54. The summed E-state index contributed by atoms with van der Waals surface area (Å²) < 4.78 is 55.5. The number of methoxy groups -OCH3 is 2. The second-order valence-electron chi connectivity index (χ2n) is 9.53. The van der Waals surface area contributed by atoms with Crippen LogP contribution in [0.1, 0.15) is 34.8 Å². The number of anilines is 1. The molecular formula is C31H30F3N3O6S. The number of nitrogens with zero attached hydrogens (tertiary/aromatic N) is 2. The number of nitrogens with one attached hydrogen (secondary N) is 1. The van der Waals surface area contributed by atoms with Gasteiger partial charge in [-0.25, -0.2) is 9.79 Å². The maximum Gasteiger partial charge on any atom is 0.416 e. The molecule has 1 aliphatic heterocycles. The van der Waals surface area contributed by atoms with Gasteiger partial charge >= 0.3 is 12.1 Å². The van der Waals surface area contributed by atoms with Gasteiger partial charge in [-0.1, -0.05) is 23.9 Å². The fourth-order valence-corrected chi connectivity index (χ4v) is 5.54. The molecule has 0 spiro atoms. The Bertz CT molecular complexity index is 1550. The van der Waals surface area contributed by atoms with E-state index < -0.39 is 34.8 Å². The molecule has 0 saturated carbocycles. The van der Waals surface area contributed by atoms with Gasteiger partial charge < -0.3 is 19.5 Å². The van der Waals surface area contributed by atoms with Gasteiger partial charge in [0.2, 0.25) is 11.8 Å². The number of halogens is 3. The van der Waals surface area contributed by atoms with Crippen LogP contribution in [-0.4, -0.2) is 60.5 Å². The van der Waals surface area contributed by atoms with Crippen molar-refractivity contribution >= 4 is 46.1 Å². The molecule has 1 fully saturated rings. The van der Waals surface area contributed by atoms with E-state index in [1.54, 1.807) is 31.2 Å². The Morgan fingerprint density at radius 2 is 1.73 bits per heavy atom. The van der Waals surface area contributed by atoms with Crippen molar-refractivity contribution < 1.29 is 41.8 Å². The van der Waals surface area contributed by atoms with E-state index in [0.29, 0.717) is 29.2 Å². The minimum absolute atomic E-state index is 0.0260. The highest BCUT2D eigenvalue weighted by molar-refractivity contribution is 8.15. The summed E-state index contributed by atoms with van der Waals surface area (Å²) in [5.74, 6) is -0.291. The van der Waals surface area contributed by atoms with Crippen LogP contribution >= 0.6 is 11.8 Å². The number of amides is 2. The third kappa shape index (κ3) is 8.10. The number of carbonyl (C=O) groups excluding carboxylic acids is 3. The fourth-order valence-electron chi connectivity index (χ4n) is 4.35. The molecule has 9 nitrogen and oxygen atoms in total. The predicted molar refractivity (Wildman–Crippen MR) is 161 cm³/mol. The lowest BCUT2D eigenvalue weighted by molar-refractivity contribution is -0.137. The Labute approximate surface area is 256 Å². The minimum Gasteiger partial charge on any atom is -0.493 e. The quantitative estimate of drug-likeness (QED) is 0.256. The number of rotatable bonds is 11. The smallest absolute Gasteiger partial charge is 0.416 e. The van der Waals surface area contributed by atoms with Crippen molar-refractivity contribution in [2.45, 2.75) is 31.2 Å². The van der Waals surface area contributed by atoms with Crippen LogP contribution in [0, 0.1) is 0 Å². The number of alkyl halides is 3. The SMILES string of the molecule is CCOC(=O)c1ccc(NC(=O)C[C@H]2SC(=Nc3cccc(C(F)(F)F)c3)N(CCc3ccc(OC)c(OC)c3)C2=O)cc1. The van der Waals surface area contributed by atoms with Gasteiger partial charge in [0, 0.05) is 18.7 Å². The number of amidine groups is 1. The van der Waals surface area contributed by atoms with Crippen LogP contribution in [-0.2, 0) is 26.9 Å². The second-order valence-corrected chi connectivity index (χ2v) is 10.7. The maximum absolute atomic E-state index is 13.5. The summed E-state index contributed by atoms with van der Waals surface area (Å²) in [7, 11) is 3.02. The molecule has 1 aliphatic rings. The largest absolute Gasteiger partial charge is 0.493 e. The molecule has 232 valence electrons. The van der Waals surface area contributed by atoms with Gasteiger partial charge in [-0.3, -0.25) is 14.5 Å². The van der Waals surface area contributed by atoms with Crippen molar-refractivity contribution in [1.82, 2.24) is 4.90 Å². The molecule has 0 radical (unpaired) electrons. The van der Waals surface area contributed by atoms with E-state index in [9.17, 15) is 27.6 Å². The van der Waals surface area contributed by atoms with E-state index in [2.05, 4.69) is 10.3 Å². The summed E-state index contributed by atoms with van der Waals surface area (Å²) in [5, 5.41) is 2.04. The highest BCUT2D eigenvalue weighted by Gasteiger charge is 2.39. The van der Waals surface area contributed by atoms with E-state index >= 15 is 0 Å². The number of esters is 1. The Morgan fingerprint density at radius 1 is 1.00 bits per heavy atom. The fraction of sp³-hybridized carbons (Fsp3) is 0.290. The van der Waals surface area contributed by atoms with Crippen molar-refractivity contribution in [1.29, 1.82) is 0 Å². The summed E-state index contributed by atoms with van der Waals surface area (Å²) in [6.45, 7) is 2.09. The summed E-state index contributed by atoms with van der Waals surface area (Å²) in [4.78, 5) is 44.1. The van der Waals surface area contributed by atoms with E-state index in [0.717, 1.165) is 29.5 Å². The second kappa shape index (κ2) is 14.3. The summed E-state index contributed by atoms with van der Waals surface area (Å²) in [6, 6.07) is 16.0. The van der Waals surface area contributed by atoms with E-state index in [1.165, 1.54) is 43.4 Å². The number of aliphatic imine (C=N–C) groups is 1. The normalized spacial score (nSPS) is 15.8. The number of ether oxygens (including phenoxy) is 3. The zero-order valence-electron chi connectivity index (χ0n) is 24.1. The van der Waals surface area contributed by atoms with Crippen LogP contribution in [0.2, 0.25) is 0 Å². The van der Waals surface area contributed by atoms with Gasteiger partial charge in [-0.15, -0.1) is 0 Å². The molecular weight excluding hydrogens is 599 g/mol. The van der Waals surface area contributed by atoms with Crippen LogP contribution < -0.4 is 14.8 Å². The molecule has 44 heavy (non-hydrogen) atoms. The Morgan fingerprint density at radius 3 is 2.39 bits per heavy atom. The standard InChI is InChI=1S/C31H30F3N3O6S/c1-4-43-29(40)20-9-11-22(12-10-20)35-27(38)18-26-28(39)37(15-14-19-8-13-24(41-2)25(16-19)42-3)30(44-26)36-23-7-5-6-21(17-23)31(32,33)34/h5-13,16-17,26H,4,14-15,18H2,1-3H3,(H,35,38)/t26-/m1/s1. The minimum atomic E-state index is -4.56. The summed E-state index contributed by atoms with van der Waals surface area (Å²) in [5.41, 5.74) is 0.730. The van der Waals surface area contributed by atoms with Crippen LogP contribution in [0.3, 0.4) is 0 Å². The Kier molecular flexibility index (Phi) is 10.5. The van der Waals surface area contributed by atoms with E-state index in [4.69, 9.17) is 14.2 Å². The van der Waals surface area contributed by atoms with E-state index in [1.807, 2.05) is 6.07 Å². The first-order valence-electron chi connectivity index (χ1n) is 13.5. The first-order valence-corrected chi connectivity index (χ1v) is 14.4. The molecule has 0 aliphatic carbocycles. The first-order chi connectivity index (χ1) is 21.0. The first kappa shape index (κ1) is 32.4. The van der Waals surface area contributed by atoms with Crippen molar-refractivity contribution in [3.05, 3.63) is 83.4 Å². The van der Waals surface area contributed by atoms with Crippen LogP contribution in [0.15, 0.2) is 71.7 Å². The lowest BCUT2D eigenvalue weighted by Gasteiger charge is -2.17. The average molecular weight is 630 g/mol. The number of hydrogen-bond donors (Lipinski definition) is 1. The van der Waals surface area contributed by atoms with Crippen molar-refractivity contribution in [3.63, 3.8) is 0 Å². The van der Waals surface area contributed by atoms with Crippen molar-refractivity contribution in [2.24, 2.45) is 4.99 Å². The van der Waals surface area contributed by atoms with Gasteiger partial charge in [-0.2, -0.15) is 13.2 Å². The Hall–Kier alpha value is -4.52.